The summed E-state index contributed by atoms with van der Waals surface area (Å²) in [5.41, 5.74) is 0.275. The van der Waals surface area contributed by atoms with E-state index in [2.05, 4.69) is 0 Å². The molecular formula is C21H26BNO4. The van der Waals surface area contributed by atoms with E-state index in [1.807, 2.05) is 56.3 Å². The van der Waals surface area contributed by atoms with E-state index in [0.29, 0.717) is 25.7 Å². The van der Waals surface area contributed by atoms with E-state index in [-0.39, 0.29) is 18.1 Å². The second-order valence-electron chi connectivity index (χ2n) is 7.95. The number of rotatable bonds is 5. The number of benzene rings is 1. The molecule has 5 nitrogen and oxygen atoms in total. The van der Waals surface area contributed by atoms with Gasteiger partial charge in [0.25, 0.3) is 0 Å². The van der Waals surface area contributed by atoms with Crippen molar-refractivity contribution in [3.8, 4) is 0 Å². The zero-order valence-corrected chi connectivity index (χ0v) is 15.9. The first-order chi connectivity index (χ1) is 12.8. The maximum absolute atomic E-state index is 12.2. The van der Waals surface area contributed by atoms with Gasteiger partial charge in [-0.1, -0.05) is 42.5 Å². The van der Waals surface area contributed by atoms with Gasteiger partial charge < -0.3 is 14.7 Å². The number of carboxylic acids is 1. The average molecular weight is 367 g/mol. The summed E-state index contributed by atoms with van der Waals surface area (Å²) < 4.78 is 6.25. The van der Waals surface area contributed by atoms with Gasteiger partial charge in [0.1, 0.15) is 5.72 Å². The highest BCUT2D eigenvalue weighted by Crippen LogP contribution is 2.39. The summed E-state index contributed by atoms with van der Waals surface area (Å²) >= 11 is 0. The fourth-order valence-electron chi connectivity index (χ4n) is 4.52. The van der Waals surface area contributed by atoms with Gasteiger partial charge in [0.15, 0.2) is 5.81 Å². The maximum atomic E-state index is 12.2. The fourth-order valence-corrected chi connectivity index (χ4v) is 4.52. The lowest BCUT2D eigenvalue weighted by Gasteiger charge is -2.34. The Morgan fingerprint density at radius 3 is 2.52 bits per heavy atom. The zero-order chi connectivity index (χ0) is 19.6. The van der Waals surface area contributed by atoms with Gasteiger partial charge >= 0.3 is 5.97 Å². The molecule has 0 saturated carbocycles. The molecule has 1 heterocycles. The van der Waals surface area contributed by atoms with Crippen molar-refractivity contribution in [3.05, 3.63) is 48.0 Å². The number of aliphatic carboxylic acids is 1. The minimum atomic E-state index is -0.820. The van der Waals surface area contributed by atoms with E-state index in [1.54, 1.807) is 4.90 Å². The smallest absolute Gasteiger partial charge is 0.307 e. The Morgan fingerprint density at radius 1 is 1.22 bits per heavy atom. The number of hydrogen-bond acceptors (Lipinski definition) is 3. The molecule has 2 unspecified atom stereocenters. The van der Waals surface area contributed by atoms with Crippen LogP contribution >= 0.6 is 0 Å². The number of hydrogen-bond donors (Lipinski definition) is 1. The molecule has 0 aromatic heterocycles. The summed E-state index contributed by atoms with van der Waals surface area (Å²) in [6.45, 7) is 3.68. The highest BCUT2D eigenvalue weighted by Gasteiger charge is 2.49. The molecular weight excluding hydrogens is 341 g/mol. The number of amides is 1. The van der Waals surface area contributed by atoms with Crippen molar-refractivity contribution >= 4 is 19.6 Å². The van der Waals surface area contributed by atoms with E-state index in [4.69, 9.17) is 12.6 Å². The Bertz CT molecular complexity index is 718. The highest BCUT2D eigenvalue weighted by atomic mass is 16.5. The Kier molecular flexibility index (Phi) is 5.75. The number of carbonyl (C=O) groups excluding carboxylic acids is 1. The number of carboxylic acid groups (broad SMARTS) is 1. The van der Waals surface area contributed by atoms with Crippen molar-refractivity contribution in [1.29, 1.82) is 0 Å². The van der Waals surface area contributed by atoms with Crippen LogP contribution in [0.1, 0.15) is 38.7 Å². The Morgan fingerprint density at radius 2 is 1.89 bits per heavy atom. The van der Waals surface area contributed by atoms with Crippen LogP contribution in [0, 0.1) is 11.8 Å². The molecule has 142 valence electrons. The molecule has 1 saturated heterocycles. The Labute approximate surface area is 161 Å². The molecule has 1 aromatic carbocycles. The van der Waals surface area contributed by atoms with Crippen molar-refractivity contribution in [2.75, 3.05) is 0 Å². The van der Waals surface area contributed by atoms with Crippen molar-refractivity contribution in [3.63, 3.8) is 0 Å². The molecule has 27 heavy (non-hydrogen) atoms. The third-order valence-corrected chi connectivity index (χ3v) is 5.72. The summed E-state index contributed by atoms with van der Waals surface area (Å²) in [5, 5.41) is 9.57. The summed E-state index contributed by atoms with van der Waals surface area (Å²) in [6, 6.07) is 9.70. The molecule has 1 fully saturated rings. The zero-order valence-electron chi connectivity index (χ0n) is 15.9. The van der Waals surface area contributed by atoms with Gasteiger partial charge in [-0.05, 0) is 51.0 Å². The Balaban J connectivity index is 1.85. The normalized spacial score (nSPS) is 29.6. The molecule has 1 aromatic rings. The molecule has 1 amide bonds. The summed E-state index contributed by atoms with van der Waals surface area (Å²) in [7, 11) is 5.69. The van der Waals surface area contributed by atoms with E-state index in [0.717, 1.165) is 5.56 Å². The molecule has 2 radical (unpaired) electrons. The lowest BCUT2D eigenvalue weighted by molar-refractivity contribution is -0.144. The van der Waals surface area contributed by atoms with Crippen LogP contribution in [0.5, 0.6) is 0 Å². The summed E-state index contributed by atoms with van der Waals surface area (Å²) in [5.74, 6) is -1.71. The van der Waals surface area contributed by atoms with E-state index >= 15 is 0 Å². The maximum Gasteiger partial charge on any atom is 0.307 e. The first-order valence-electron chi connectivity index (χ1n) is 9.48. The highest BCUT2D eigenvalue weighted by molar-refractivity contribution is 6.57. The average Bonchev–Trinajstić information content (AvgIpc) is 2.85. The van der Waals surface area contributed by atoms with Crippen LogP contribution in [0.3, 0.4) is 0 Å². The van der Waals surface area contributed by atoms with Crippen LogP contribution in [-0.4, -0.2) is 47.5 Å². The number of ether oxygens (including phenoxy) is 1. The first kappa shape index (κ1) is 19.7. The molecule has 3 rings (SSSR count). The van der Waals surface area contributed by atoms with Crippen LogP contribution in [0.4, 0.5) is 4.79 Å². The van der Waals surface area contributed by atoms with Crippen molar-refractivity contribution in [2.45, 2.75) is 57.4 Å². The van der Waals surface area contributed by atoms with Gasteiger partial charge in [0.2, 0.25) is 7.85 Å². The fraction of sp³-hybridized carbons (Fsp3) is 0.524. The lowest BCUT2D eigenvalue weighted by Crippen LogP contribution is -2.49. The van der Waals surface area contributed by atoms with Crippen molar-refractivity contribution in [2.24, 2.45) is 11.8 Å². The van der Waals surface area contributed by atoms with Crippen LogP contribution in [0.2, 0.25) is 0 Å². The molecule has 1 aliphatic heterocycles. The van der Waals surface area contributed by atoms with Crippen LogP contribution < -0.4 is 0 Å². The third kappa shape index (κ3) is 4.27. The second-order valence-corrected chi connectivity index (χ2v) is 7.95. The van der Waals surface area contributed by atoms with Gasteiger partial charge in [0.05, 0.1) is 18.1 Å². The molecule has 6 heteroatoms. The molecule has 4 atom stereocenters. The summed E-state index contributed by atoms with van der Waals surface area (Å²) in [6.07, 6.45) is 6.19. The third-order valence-electron chi connectivity index (χ3n) is 5.72. The quantitative estimate of drug-likeness (QED) is 0.640. The van der Waals surface area contributed by atoms with Crippen LogP contribution in [-0.2, 0) is 16.0 Å². The van der Waals surface area contributed by atoms with Gasteiger partial charge in [-0.15, -0.1) is 0 Å². The standard InChI is InChI=1S/C21H26BNO4/c1-21(2)23(20(22)26)17(12-14-8-4-3-5-9-14)18(27-21)13-15-10-6-7-11-16(15)19(24)25/h3-9,15-18H,10-13H2,1-2H3,(H,24,25)/t15?,16?,17-,18+/m0/s1. The molecule has 1 aliphatic carbocycles. The van der Waals surface area contributed by atoms with Crippen molar-refractivity contribution < 1.29 is 19.4 Å². The SMILES string of the molecule is [B]C(=O)N1[C@@H](Cc2ccccc2)[C@@H](CC2CC=CCC2C(=O)O)OC1(C)C. The van der Waals surface area contributed by atoms with Crippen LogP contribution in [0.15, 0.2) is 42.5 Å². The Hall–Kier alpha value is -2.08. The first-order valence-corrected chi connectivity index (χ1v) is 9.48. The summed E-state index contributed by atoms with van der Waals surface area (Å²) in [4.78, 5) is 25.5. The minimum Gasteiger partial charge on any atom is -0.481 e. The van der Waals surface area contributed by atoms with E-state index in [9.17, 15) is 14.7 Å². The topological polar surface area (TPSA) is 66.8 Å². The van der Waals surface area contributed by atoms with Crippen molar-refractivity contribution in [1.82, 2.24) is 4.90 Å². The monoisotopic (exact) mass is 367 g/mol. The predicted molar refractivity (Wildman–Crippen MR) is 103 cm³/mol. The number of carbonyl (C=O) groups is 2. The van der Waals surface area contributed by atoms with Gasteiger partial charge in [-0.25, -0.2) is 0 Å². The van der Waals surface area contributed by atoms with E-state index < -0.39 is 23.4 Å². The second kappa shape index (κ2) is 7.89. The largest absolute Gasteiger partial charge is 0.481 e. The van der Waals surface area contributed by atoms with Gasteiger partial charge in [0, 0.05) is 0 Å². The lowest BCUT2D eigenvalue weighted by atomic mass is 9.78. The molecule has 0 bridgehead atoms. The van der Waals surface area contributed by atoms with Gasteiger partial charge in [-0.2, -0.15) is 0 Å². The predicted octanol–water partition coefficient (Wildman–Crippen LogP) is 3.38. The van der Waals surface area contributed by atoms with E-state index in [1.165, 1.54) is 0 Å². The number of nitrogens with zero attached hydrogens (tertiary/aromatic N) is 1. The number of allylic oxidation sites excluding steroid dienone is 2. The molecule has 2 aliphatic rings. The minimum absolute atomic E-state index is 0.0144. The molecule has 0 spiro atoms. The van der Waals surface area contributed by atoms with Gasteiger partial charge in [-0.3, -0.25) is 9.59 Å². The molecule has 1 N–H and O–H groups in total. The van der Waals surface area contributed by atoms with Crippen LogP contribution in [0.25, 0.3) is 0 Å².